The summed E-state index contributed by atoms with van der Waals surface area (Å²) in [5.41, 5.74) is 5.37. The fourth-order valence-corrected chi connectivity index (χ4v) is 5.40. The van der Waals surface area contributed by atoms with Crippen LogP contribution in [0.1, 0.15) is 38.8 Å². The zero-order valence-corrected chi connectivity index (χ0v) is 24.5. The monoisotopic (exact) mass is 646 g/mol. The number of rotatable bonds is 7. The molecule has 13 nitrogen and oxygen atoms in total. The van der Waals surface area contributed by atoms with Crippen molar-refractivity contribution < 1.29 is 42.9 Å². The predicted octanol–water partition coefficient (Wildman–Crippen LogP) is 2.97. The van der Waals surface area contributed by atoms with Gasteiger partial charge in [0.2, 0.25) is 12.4 Å². The summed E-state index contributed by atoms with van der Waals surface area (Å²) in [5, 5.41) is 19.9. The molecule has 0 saturated carbocycles. The number of aromatic nitrogens is 1. The molecular weight excluding hydrogens is 624 g/mol. The lowest BCUT2D eigenvalue weighted by Crippen LogP contribution is -2.61. The molecule has 0 bridgehead atoms. The van der Waals surface area contributed by atoms with Gasteiger partial charge in [-0.05, 0) is 17.7 Å². The molecular formula is C26H23BrN4O9S. The number of benzene rings is 1. The number of esters is 4. The van der Waals surface area contributed by atoms with Gasteiger partial charge in [-0.3, -0.25) is 19.2 Å². The number of nitrogen functional groups attached to an aromatic ring is 1. The molecule has 0 spiro atoms. The molecule has 3 rings (SSSR count). The third-order valence-corrected chi connectivity index (χ3v) is 7.08. The number of nitrogens with two attached hydrogens (primary N) is 1. The normalized spacial score (nSPS) is 21.5. The predicted molar refractivity (Wildman–Crippen MR) is 144 cm³/mol. The van der Waals surface area contributed by atoms with Crippen LogP contribution >= 0.6 is 27.7 Å². The molecule has 0 radical (unpaired) electrons. The van der Waals surface area contributed by atoms with Crippen molar-refractivity contribution in [1.29, 1.82) is 10.5 Å². The summed E-state index contributed by atoms with van der Waals surface area (Å²) in [6, 6.07) is 10.8. The number of thioether (sulfide) groups is 1. The maximum absolute atomic E-state index is 12.1. The molecule has 41 heavy (non-hydrogen) atoms. The fraction of sp³-hybridized carbons (Fsp3) is 0.346. The molecule has 2 heterocycles. The highest BCUT2D eigenvalue weighted by molar-refractivity contribution is 9.10. The first-order chi connectivity index (χ1) is 19.4. The molecule has 214 valence electrons. The molecule has 1 aliphatic heterocycles. The molecule has 0 amide bonds. The zero-order valence-electron chi connectivity index (χ0n) is 22.1. The number of nitriles is 2. The van der Waals surface area contributed by atoms with Crippen LogP contribution < -0.4 is 5.73 Å². The van der Waals surface area contributed by atoms with Crippen LogP contribution in [-0.2, 0) is 42.9 Å². The van der Waals surface area contributed by atoms with E-state index in [1.54, 1.807) is 24.3 Å². The Hall–Kier alpha value is -4.18. The molecule has 0 unspecified atom stereocenters. The number of carbonyl (C=O) groups is 4. The summed E-state index contributed by atoms with van der Waals surface area (Å²) < 4.78 is 28.0. The number of carbonyl (C=O) groups excluding carboxylic acids is 4. The van der Waals surface area contributed by atoms with Gasteiger partial charge in [0.15, 0.2) is 17.6 Å². The summed E-state index contributed by atoms with van der Waals surface area (Å²) in [6.07, 6.45) is -6.08. The van der Waals surface area contributed by atoms with Crippen LogP contribution in [0.3, 0.4) is 0 Å². The average Bonchev–Trinajstić information content (AvgIpc) is 2.87. The Labute approximate surface area is 247 Å². The number of anilines is 1. The summed E-state index contributed by atoms with van der Waals surface area (Å²) in [7, 11) is 0. The van der Waals surface area contributed by atoms with Crippen molar-refractivity contribution in [3.8, 4) is 23.3 Å². The third kappa shape index (κ3) is 7.52. The minimum Gasteiger partial charge on any atom is -0.455 e. The Kier molecular flexibility index (Phi) is 10.3. The van der Waals surface area contributed by atoms with Crippen LogP contribution in [0.2, 0.25) is 0 Å². The quantitative estimate of drug-likeness (QED) is 0.339. The Morgan fingerprint density at radius 3 is 1.88 bits per heavy atom. The van der Waals surface area contributed by atoms with Gasteiger partial charge in [0.1, 0.15) is 28.5 Å². The second-order valence-corrected chi connectivity index (χ2v) is 10.5. The minimum absolute atomic E-state index is 0.0295. The van der Waals surface area contributed by atoms with E-state index in [2.05, 4.69) is 20.9 Å². The van der Waals surface area contributed by atoms with E-state index < -0.39 is 53.9 Å². The van der Waals surface area contributed by atoms with Crippen molar-refractivity contribution >= 4 is 57.4 Å². The zero-order chi connectivity index (χ0) is 30.4. The molecule has 1 aliphatic rings. The molecule has 5 atom stereocenters. The second-order valence-electron chi connectivity index (χ2n) is 8.48. The van der Waals surface area contributed by atoms with Gasteiger partial charge in [-0.2, -0.15) is 10.5 Å². The first-order valence-corrected chi connectivity index (χ1v) is 13.4. The van der Waals surface area contributed by atoms with Crippen LogP contribution in [0.25, 0.3) is 11.1 Å². The van der Waals surface area contributed by atoms with E-state index in [9.17, 15) is 29.7 Å². The Bertz CT molecular complexity index is 1450. The van der Waals surface area contributed by atoms with E-state index in [-0.39, 0.29) is 27.5 Å². The molecule has 2 N–H and O–H groups in total. The van der Waals surface area contributed by atoms with E-state index in [4.69, 9.17) is 29.4 Å². The second kappa shape index (κ2) is 13.5. The van der Waals surface area contributed by atoms with Gasteiger partial charge in [-0.1, -0.05) is 39.8 Å². The van der Waals surface area contributed by atoms with Gasteiger partial charge in [-0.25, -0.2) is 4.98 Å². The third-order valence-electron chi connectivity index (χ3n) is 5.42. The standard InChI is InChI=1S/C26H23BrN4O9S/c1-11(32)36-20-21(37-12(2)33)25(39-14(4)35)40-26(22(20)38-13(3)34)41-24-18(10-29)19(17(9-28)23(30)31-24)15-5-7-16(27)8-6-15/h5-8,20-22,25-26H,1-4H3,(H2,30,31)/t20-,21-,22+,25-,26-/m0/s1. The Morgan fingerprint density at radius 2 is 1.37 bits per heavy atom. The topological polar surface area (TPSA) is 201 Å². The molecule has 1 aromatic heterocycles. The van der Waals surface area contributed by atoms with E-state index in [0.717, 1.165) is 43.9 Å². The van der Waals surface area contributed by atoms with Crippen LogP contribution in [0, 0.1) is 22.7 Å². The van der Waals surface area contributed by atoms with Gasteiger partial charge in [0.05, 0.1) is 5.56 Å². The maximum Gasteiger partial charge on any atom is 0.305 e. The minimum atomic E-state index is -1.61. The first kappa shape index (κ1) is 31.3. The van der Waals surface area contributed by atoms with Gasteiger partial charge >= 0.3 is 23.9 Å². The van der Waals surface area contributed by atoms with Crippen molar-refractivity contribution in [3.05, 3.63) is 39.9 Å². The average molecular weight is 647 g/mol. The van der Waals surface area contributed by atoms with Crippen molar-refractivity contribution in [2.75, 3.05) is 5.73 Å². The number of hydrogen-bond donors (Lipinski definition) is 1. The van der Waals surface area contributed by atoms with Crippen molar-refractivity contribution in [2.24, 2.45) is 0 Å². The number of hydrogen-bond acceptors (Lipinski definition) is 14. The smallest absolute Gasteiger partial charge is 0.305 e. The van der Waals surface area contributed by atoms with E-state index in [1.165, 1.54) is 0 Å². The highest BCUT2D eigenvalue weighted by Crippen LogP contribution is 2.42. The van der Waals surface area contributed by atoms with Crippen LogP contribution in [0.4, 0.5) is 5.82 Å². The molecule has 15 heteroatoms. The Balaban J connectivity index is 2.20. The van der Waals surface area contributed by atoms with Crippen molar-refractivity contribution in [2.45, 2.75) is 62.8 Å². The van der Waals surface area contributed by atoms with Gasteiger partial charge < -0.3 is 29.4 Å². The first-order valence-electron chi connectivity index (χ1n) is 11.8. The van der Waals surface area contributed by atoms with E-state index in [0.29, 0.717) is 5.56 Å². The highest BCUT2D eigenvalue weighted by Gasteiger charge is 2.54. The van der Waals surface area contributed by atoms with Gasteiger partial charge in [-0.15, -0.1) is 0 Å². The number of ether oxygens (including phenoxy) is 5. The SMILES string of the molecule is CC(=O)O[C@H]1O[C@@H](Sc2nc(N)c(C#N)c(-c3ccc(Br)cc3)c2C#N)[C@H](OC(C)=O)[C@@H](OC(C)=O)[C@@H]1OC(C)=O. The summed E-state index contributed by atoms with van der Waals surface area (Å²) in [4.78, 5) is 52.2. The van der Waals surface area contributed by atoms with Gasteiger partial charge in [0, 0.05) is 37.7 Å². The number of halogens is 1. The fourth-order valence-electron chi connectivity index (χ4n) is 3.99. The lowest BCUT2D eigenvalue weighted by Gasteiger charge is -2.43. The van der Waals surface area contributed by atoms with E-state index >= 15 is 0 Å². The lowest BCUT2D eigenvalue weighted by molar-refractivity contribution is -0.280. The van der Waals surface area contributed by atoms with Crippen LogP contribution in [0.15, 0.2) is 33.8 Å². The van der Waals surface area contributed by atoms with Crippen LogP contribution in [0.5, 0.6) is 0 Å². The van der Waals surface area contributed by atoms with Crippen molar-refractivity contribution in [1.82, 2.24) is 4.98 Å². The summed E-state index contributed by atoms with van der Waals surface area (Å²) in [6.45, 7) is 4.32. The molecule has 1 aromatic carbocycles. The summed E-state index contributed by atoms with van der Waals surface area (Å²) >= 11 is 4.08. The molecule has 1 saturated heterocycles. The largest absolute Gasteiger partial charge is 0.455 e. The Morgan fingerprint density at radius 1 is 0.854 bits per heavy atom. The molecule has 0 aliphatic carbocycles. The molecule has 1 fully saturated rings. The number of nitrogens with zero attached hydrogens (tertiary/aromatic N) is 3. The molecule has 2 aromatic rings. The van der Waals surface area contributed by atoms with Crippen molar-refractivity contribution in [3.63, 3.8) is 0 Å². The summed E-state index contributed by atoms with van der Waals surface area (Å²) in [5.74, 6) is -3.48. The van der Waals surface area contributed by atoms with Gasteiger partial charge in [0.25, 0.3) is 0 Å². The highest BCUT2D eigenvalue weighted by atomic mass is 79.9. The van der Waals surface area contributed by atoms with E-state index in [1.807, 2.05) is 12.1 Å². The maximum atomic E-state index is 12.1. The number of pyridine rings is 1. The van der Waals surface area contributed by atoms with Crippen LogP contribution in [-0.4, -0.2) is 58.9 Å². The lowest BCUT2D eigenvalue weighted by atomic mass is 9.97.